The Morgan fingerprint density at radius 3 is 2.76 bits per heavy atom. The van der Waals surface area contributed by atoms with E-state index >= 15 is 0 Å². The molecule has 1 aromatic carbocycles. The number of nitrogens with one attached hydrogen (secondary N) is 1. The van der Waals surface area contributed by atoms with Crippen molar-refractivity contribution in [2.24, 2.45) is 0 Å². The SMILES string of the molecule is N#Cc1ncccc1COc1ccc(CNC2CC2)cc1. The van der Waals surface area contributed by atoms with Crippen LogP contribution in [0, 0.1) is 11.3 Å². The number of hydrogen-bond acceptors (Lipinski definition) is 4. The number of pyridine rings is 1. The summed E-state index contributed by atoms with van der Waals surface area (Å²) in [4.78, 5) is 4.02. The molecule has 1 aliphatic rings. The van der Waals surface area contributed by atoms with Crippen LogP contribution in [-0.4, -0.2) is 11.0 Å². The van der Waals surface area contributed by atoms with E-state index in [1.165, 1.54) is 18.4 Å². The van der Waals surface area contributed by atoms with Gasteiger partial charge in [-0.1, -0.05) is 18.2 Å². The number of hydrogen-bond donors (Lipinski definition) is 1. The number of ether oxygens (including phenoxy) is 1. The molecule has 0 bridgehead atoms. The van der Waals surface area contributed by atoms with Gasteiger partial charge in [0.05, 0.1) is 0 Å². The number of nitriles is 1. The number of rotatable bonds is 6. The maximum absolute atomic E-state index is 8.99. The fraction of sp³-hybridized carbons (Fsp3) is 0.294. The molecule has 0 atom stereocenters. The minimum atomic E-state index is 0.358. The normalized spacial score (nSPS) is 13.7. The Hall–Kier alpha value is -2.38. The minimum absolute atomic E-state index is 0.358. The molecule has 1 fully saturated rings. The Morgan fingerprint density at radius 2 is 2.05 bits per heavy atom. The van der Waals surface area contributed by atoms with E-state index in [1.807, 2.05) is 24.3 Å². The van der Waals surface area contributed by atoms with Gasteiger partial charge < -0.3 is 10.1 Å². The molecule has 0 saturated heterocycles. The maximum atomic E-state index is 8.99. The molecule has 0 radical (unpaired) electrons. The van der Waals surface area contributed by atoms with Gasteiger partial charge in [-0.05, 0) is 36.6 Å². The average molecular weight is 279 g/mol. The molecule has 1 N–H and O–H groups in total. The van der Waals surface area contributed by atoms with E-state index in [1.54, 1.807) is 6.20 Å². The highest BCUT2D eigenvalue weighted by atomic mass is 16.5. The van der Waals surface area contributed by atoms with Crippen LogP contribution in [0.4, 0.5) is 0 Å². The van der Waals surface area contributed by atoms with Crippen molar-refractivity contribution in [3.8, 4) is 11.8 Å². The van der Waals surface area contributed by atoms with Crippen LogP contribution in [-0.2, 0) is 13.2 Å². The van der Waals surface area contributed by atoms with Gasteiger partial charge in [0.25, 0.3) is 0 Å². The molecule has 2 aromatic rings. The monoisotopic (exact) mass is 279 g/mol. The van der Waals surface area contributed by atoms with Gasteiger partial charge in [-0.3, -0.25) is 0 Å². The smallest absolute Gasteiger partial charge is 0.147 e. The van der Waals surface area contributed by atoms with Gasteiger partial charge in [0.1, 0.15) is 24.1 Å². The molecule has 1 aliphatic carbocycles. The predicted molar refractivity (Wildman–Crippen MR) is 79.6 cm³/mol. The summed E-state index contributed by atoms with van der Waals surface area (Å²) in [5.74, 6) is 0.804. The first-order chi connectivity index (χ1) is 10.3. The molecule has 21 heavy (non-hydrogen) atoms. The van der Waals surface area contributed by atoms with Crippen LogP contribution < -0.4 is 10.1 Å². The molecule has 1 saturated carbocycles. The highest BCUT2D eigenvalue weighted by molar-refractivity contribution is 5.31. The van der Waals surface area contributed by atoms with Crippen molar-refractivity contribution in [3.05, 3.63) is 59.4 Å². The van der Waals surface area contributed by atoms with Crippen LogP contribution in [0.3, 0.4) is 0 Å². The fourth-order valence-electron chi connectivity index (χ4n) is 2.07. The molecule has 0 aliphatic heterocycles. The van der Waals surface area contributed by atoms with Gasteiger partial charge in [-0.2, -0.15) is 5.26 Å². The van der Waals surface area contributed by atoms with Crippen molar-refractivity contribution in [3.63, 3.8) is 0 Å². The van der Waals surface area contributed by atoms with E-state index in [-0.39, 0.29) is 0 Å². The summed E-state index contributed by atoms with van der Waals surface area (Å²) in [6.45, 7) is 1.27. The topological polar surface area (TPSA) is 57.9 Å². The van der Waals surface area contributed by atoms with Gasteiger partial charge in [-0.15, -0.1) is 0 Å². The summed E-state index contributed by atoms with van der Waals surface area (Å²) in [7, 11) is 0. The number of aromatic nitrogens is 1. The summed E-state index contributed by atoms with van der Waals surface area (Å²) in [5.41, 5.74) is 2.48. The van der Waals surface area contributed by atoms with Crippen LogP contribution in [0.1, 0.15) is 29.7 Å². The van der Waals surface area contributed by atoms with Gasteiger partial charge >= 0.3 is 0 Å². The molecular weight excluding hydrogens is 262 g/mol. The Kier molecular flexibility index (Phi) is 4.13. The second-order valence-electron chi connectivity index (χ2n) is 5.21. The van der Waals surface area contributed by atoms with E-state index in [0.717, 1.165) is 23.9 Å². The third-order valence-corrected chi connectivity index (χ3v) is 3.49. The van der Waals surface area contributed by atoms with Crippen molar-refractivity contribution in [2.75, 3.05) is 0 Å². The summed E-state index contributed by atoms with van der Waals surface area (Å²) in [6.07, 6.45) is 4.21. The quantitative estimate of drug-likeness (QED) is 0.883. The first-order valence-electron chi connectivity index (χ1n) is 7.14. The van der Waals surface area contributed by atoms with Crippen molar-refractivity contribution in [1.82, 2.24) is 10.3 Å². The van der Waals surface area contributed by atoms with E-state index in [0.29, 0.717) is 12.3 Å². The molecule has 4 nitrogen and oxygen atoms in total. The Morgan fingerprint density at radius 1 is 1.24 bits per heavy atom. The standard InChI is InChI=1S/C17H17N3O/c18-10-17-14(2-1-9-19-17)12-21-16-7-3-13(4-8-16)11-20-15-5-6-15/h1-4,7-9,15,20H,5-6,11-12H2. The lowest BCUT2D eigenvalue weighted by molar-refractivity contribution is 0.305. The molecule has 106 valence electrons. The molecule has 3 rings (SSSR count). The largest absolute Gasteiger partial charge is 0.489 e. The second kappa shape index (κ2) is 6.38. The minimum Gasteiger partial charge on any atom is -0.489 e. The zero-order valence-corrected chi connectivity index (χ0v) is 11.7. The number of benzene rings is 1. The highest BCUT2D eigenvalue weighted by Gasteiger charge is 2.19. The molecule has 0 amide bonds. The summed E-state index contributed by atoms with van der Waals surface area (Å²) < 4.78 is 5.72. The molecule has 0 spiro atoms. The maximum Gasteiger partial charge on any atom is 0.147 e. The van der Waals surface area contributed by atoms with E-state index < -0.39 is 0 Å². The fourth-order valence-corrected chi connectivity index (χ4v) is 2.07. The lowest BCUT2D eigenvalue weighted by atomic mass is 10.2. The Balaban J connectivity index is 1.56. The molecule has 1 heterocycles. The first kappa shape index (κ1) is 13.6. The third-order valence-electron chi connectivity index (χ3n) is 3.49. The van der Waals surface area contributed by atoms with Crippen LogP contribution >= 0.6 is 0 Å². The van der Waals surface area contributed by atoms with Crippen molar-refractivity contribution < 1.29 is 4.74 Å². The van der Waals surface area contributed by atoms with Crippen LogP contribution in [0.25, 0.3) is 0 Å². The molecule has 4 heteroatoms. The van der Waals surface area contributed by atoms with Gasteiger partial charge in [0.2, 0.25) is 0 Å². The summed E-state index contributed by atoms with van der Waals surface area (Å²) in [5, 5.41) is 12.5. The molecule has 1 aromatic heterocycles. The predicted octanol–water partition coefficient (Wildman–Crippen LogP) is 2.78. The van der Waals surface area contributed by atoms with E-state index in [2.05, 4.69) is 28.5 Å². The van der Waals surface area contributed by atoms with E-state index in [9.17, 15) is 0 Å². The van der Waals surface area contributed by atoms with Crippen molar-refractivity contribution in [1.29, 1.82) is 5.26 Å². The Bertz CT molecular complexity index is 642. The average Bonchev–Trinajstić information content (AvgIpc) is 3.36. The van der Waals surface area contributed by atoms with Gasteiger partial charge in [0.15, 0.2) is 0 Å². The first-order valence-corrected chi connectivity index (χ1v) is 7.14. The third kappa shape index (κ3) is 3.80. The Labute approximate surface area is 124 Å². The summed E-state index contributed by atoms with van der Waals surface area (Å²) in [6, 6.07) is 14.5. The van der Waals surface area contributed by atoms with Crippen molar-refractivity contribution in [2.45, 2.75) is 32.0 Å². The van der Waals surface area contributed by atoms with Crippen LogP contribution in [0.5, 0.6) is 5.75 Å². The second-order valence-corrected chi connectivity index (χ2v) is 5.21. The summed E-state index contributed by atoms with van der Waals surface area (Å²) >= 11 is 0. The lowest BCUT2D eigenvalue weighted by Crippen LogP contribution is -2.15. The van der Waals surface area contributed by atoms with Gasteiger partial charge in [0, 0.05) is 24.3 Å². The van der Waals surface area contributed by atoms with Crippen LogP contribution in [0.15, 0.2) is 42.6 Å². The zero-order valence-electron chi connectivity index (χ0n) is 11.7. The van der Waals surface area contributed by atoms with Gasteiger partial charge in [-0.25, -0.2) is 4.98 Å². The van der Waals surface area contributed by atoms with E-state index in [4.69, 9.17) is 10.00 Å². The lowest BCUT2D eigenvalue weighted by Gasteiger charge is -2.08. The molecule has 0 unspecified atom stereocenters. The number of nitrogens with zero attached hydrogens (tertiary/aromatic N) is 2. The highest BCUT2D eigenvalue weighted by Crippen LogP contribution is 2.20. The zero-order chi connectivity index (χ0) is 14.5. The molecular formula is C17H17N3O. The van der Waals surface area contributed by atoms with Crippen LogP contribution in [0.2, 0.25) is 0 Å². The van der Waals surface area contributed by atoms with Crippen molar-refractivity contribution >= 4 is 0 Å².